The normalized spacial score (nSPS) is 29.8. The summed E-state index contributed by atoms with van der Waals surface area (Å²) in [6, 6.07) is 8.96. The molecule has 0 aromatic heterocycles. The number of carbonyl (C=O) groups is 1. The van der Waals surface area contributed by atoms with Gasteiger partial charge in [-0.2, -0.15) is 0 Å². The van der Waals surface area contributed by atoms with Gasteiger partial charge in [-0.25, -0.2) is 4.79 Å². The van der Waals surface area contributed by atoms with Crippen LogP contribution in [0.2, 0.25) is 0 Å². The van der Waals surface area contributed by atoms with Crippen molar-refractivity contribution in [2.24, 2.45) is 5.92 Å². The van der Waals surface area contributed by atoms with Crippen LogP contribution in [-0.2, 0) is 0 Å². The molecule has 0 saturated carbocycles. The number of nitrogens with zero attached hydrogens (tertiary/aromatic N) is 3. The first-order valence-corrected chi connectivity index (χ1v) is 9.43. The first kappa shape index (κ1) is 16.9. The number of rotatable bonds is 3. The number of fused-ring (bicyclic) bond motifs is 3. The van der Waals surface area contributed by atoms with Gasteiger partial charge in [-0.15, -0.1) is 24.2 Å². The fourth-order valence-electron chi connectivity index (χ4n) is 4.17. The van der Waals surface area contributed by atoms with Gasteiger partial charge in [-0.05, 0) is 56.3 Å². The number of benzene rings is 1. The van der Waals surface area contributed by atoms with Crippen LogP contribution in [0.15, 0.2) is 29.2 Å². The van der Waals surface area contributed by atoms with E-state index in [1.807, 2.05) is 11.0 Å². The Morgan fingerprint density at radius 3 is 2.57 bits per heavy atom. The van der Waals surface area contributed by atoms with Gasteiger partial charge in [0.2, 0.25) is 0 Å². The molecule has 4 heterocycles. The van der Waals surface area contributed by atoms with Crippen molar-refractivity contribution in [2.45, 2.75) is 23.8 Å². The van der Waals surface area contributed by atoms with Crippen LogP contribution < -0.4 is 4.90 Å². The smallest absolute Gasteiger partial charge is 0.318 e. The Balaban J connectivity index is 0.00000156. The summed E-state index contributed by atoms with van der Waals surface area (Å²) in [7, 11) is 0. The fourth-order valence-corrected chi connectivity index (χ4v) is 4.62. The summed E-state index contributed by atoms with van der Waals surface area (Å²) >= 11 is 1.72. The van der Waals surface area contributed by atoms with E-state index in [0.29, 0.717) is 12.0 Å². The lowest BCUT2D eigenvalue weighted by Gasteiger charge is -2.47. The predicted molar refractivity (Wildman–Crippen MR) is 97.9 cm³/mol. The molecule has 4 fully saturated rings. The van der Waals surface area contributed by atoms with E-state index in [1.165, 1.54) is 30.8 Å². The average molecular weight is 354 g/mol. The summed E-state index contributed by atoms with van der Waals surface area (Å²) in [5.41, 5.74) is 1.04. The van der Waals surface area contributed by atoms with Crippen molar-refractivity contribution in [3.8, 4) is 0 Å². The van der Waals surface area contributed by atoms with Crippen LogP contribution in [0.4, 0.5) is 10.5 Å². The molecule has 1 unspecified atom stereocenters. The Kier molecular flexibility index (Phi) is 5.09. The minimum Gasteiger partial charge on any atom is -0.318 e. The second kappa shape index (κ2) is 6.91. The molecule has 4 nitrogen and oxygen atoms in total. The van der Waals surface area contributed by atoms with Gasteiger partial charge in [0.25, 0.3) is 0 Å². The van der Waals surface area contributed by atoms with E-state index in [4.69, 9.17) is 0 Å². The topological polar surface area (TPSA) is 26.8 Å². The predicted octanol–water partition coefficient (Wildman–Crippen LogP) is 3.17. The number of urea groups is 1. The summed E-state index contributed by atoms with van der Waals surface area (Å²) in [4.78, 5) is 20.7. The number of hydrogen-bond donors (Lipinski definition) is 0. The summed E-state index contributed by atoms with van der Waals surface area (Å²) in [5.74, 6) is 0.714. The molecule has 23 heavy (non-hydrogen) atoms. The molecule has 126 valence electrons. The molecule has 1 aromatic rings. The number of thioether (sulfide) groups is 1. The number of halogens is 1. The third-order valence-corrected chi connectivity index (χ3v) is 6.15. The number of anilines is 1. The lowest BCUT2D eigenvalue weighted by molar-refractivity contribution is 0.0300. The highest BCUT2D eigenvalue weighted by molar-refractivity contribution is 7.98. The molecular formula is C17H24ClN3OS. The highest BCUT2D eigenvalue weighted by Crippen LogP contribution is 2.34. The fraction of sp³-hybridized carbons (Fsp3) is 0.588. The largest absolute Gasteiger partial charge is 0.324 e. The van der Waals surface area contributed by atoms with Crippen molar-refractivity contribution < 1.29 is 4.79 Å². The van der Waals surface area contributed by atoms with E-state index in [0.717, 1.165) is 25.3 Å². The lowest BCUT2D eigenvalue weighted by atomic mass is 9.83. The monoisotopic (exact) mass is 353 g/mol. The number of amides is 2. The number of hydrogen-bond acceptors (Lipinski definition) is 3. The number of piperidine rings is 3. The molecular weight excluding hydrogens is 330 g/mol. The minimum absolute atomic E-state index is 0. The van der Waals surface area contributed by atoms with E-state index in [9.17, 15) is 4.79 Å². The highest BCUT2D eigenvalue weighted by atomic mass is 35.5. The average Bonchev–Trinajstić information content (AvgIpc) is 2.97. The Bertz CT molecular complexity index is 577. The first-order valence-electron chi connectivity index (χ1n) is 8.21. The summed E-state index contributed by atoms with van der Waals surface area (Å²) in [6.07, 6.45) is 4.59. The van der Waals surface area contributed by atoms with Gasteiger partial charge in [0.05, 0.1) is 0 Å². The van der Waals surface area contributed by atoms with Gasteiger partial charge in [0, 0.05) is 36.3 Å². The van der Waals surface area contributed by atoms with Gasteiger partial charge in [-0.1, -0.05) is 6.07 Å². The molecule has 2 amide bonds. The number of carbonyl (C=O) groups excluding carboxylic acids is 1. The minimum atomic E-state index is 0. The maximum atomic E-state index is 12.9. The summed E-state index contributed by atoms with van der Waals surface area (Å²) in [6.45, 7) is 5.22. The maximum Gasteiger partial charge on any atom is 0.324 e. The van der Waals surface area contributed by atoms with Crippen LogP contribution in [-0.4, -0.2) is 60.9 Å². The molecule has 1 aromatic carbocycles. The van der Waals surface area contributed by atoms with Gasteiger partial charge in [-0.3, -0.25) is 4.90 Å². The Morgan fingerprint density at radius 1 is 1.13 bits per heavy atom. The van der Waals surface area contributed by atoms with Crippen molar-refractivity contribution in [1.29, 1.82) is 0 Å². The Hall–Kier alpha value is -0.910. The third-order valence-electron chi connectivity index (χ3n) is 5.43. The van der Waals surface area contributed by atoms with Crippen molar-refractivity contribution in [3.63, 3.8) is 0 Å². The summed E-state index contributed by atoms with van der Waals surface area (Å²) in [5, 5.41) is 0. The van der Waals surface area contributed by atoms with E-state index < -0.39 is 0 Å². The van der Waals surface area contributed by atoms with E-state index >= 15 is 0 Å². The van der Waals surface area contributed by atoms with Gasteiger partial charge < -0.3 is 9.80 Å². The summed E-state index contributed by atoms with van der Waals surface area (Å²) < 4.78 is 0. The van der Waals surface area contributed by atoms with Crippen LogP contribution in [0.3, 0.4) is 0 Å². The van der Waals surface area contributed by atoms with Crippen LogP contribution in [0.5, 0.6) is 0 Å². The van der Waals surface area contributed by atoms with E-state index in [1.54, 1.807) is 11.8 Å². The zero-order valence-corrected chi connectivity index (χ0v) is 15.1. The van der Waals surface area contributed by atoms with Crippen molar-refractivity contribution >= 4 is 35.9 Å². The lowest BCUT2D eigenvalue weighted by Crippen LogP contribution is -2.58. The standard InChI is InChI=1S/C17H23N3OS.ClH/c1-22-15-4-2-3-14(11-15)19-9-10-20(17(19)21)16-12-18-7-5-13(16)6-8-18;/h2-4,11,13,16H,5-10,12H2,1H3;1H. The molecule has 4 aliphatic rings. The zero-order chi connectivity index (χ0) is 15.1. The Morgan fingerprint density at radius 2 is 1.91 bits per heavy atom. The van der Waals surface area contributed by atoms with Crippen LogP contribution in [0.25, 0.3) is 0 Å². The van der Waals surface area contributed by atoms with Crippen molar-refractivity contribution in [2.75, 3.05) is 43.9 Å². The van der Waals surface area contributed by atoms with E-state index in [2.05, 4.69) is 34.3 Å². The maximum absolute atomic E-state index is 12.9. The highest BCUT2D eigenvalue weighted by Gasteiger charge is 2.43. The third kappa shape index (κ3) is 3.06. The second-order valence-corrected chi connectivity index (χ2v) is 7.41. The zero-order valence-electron chi connectivity index (χ0n) is 13.5. The van der Waals surface area contributed by atoms with Crippen molar-refractivity contribution in [3.05, 3.63) is 24.3 Å². The van der Waals surface area contributed by atoms with E-state index in [-0.39, 0.29) is 18.4 Å². The molecule has 1 atom stereocenters. The van der Waals surface area contributed by atoms with Gasteiger partial charge in [0.15, 0.2) is 0 Å². The quantitative estimate of drug-likeness (QED) is 0.781. The molecule has 0 radical (unpaired) electrons. The SMILES string of the molecule is CSc1cccc(N2CCN(C3CN4CCC3CC4)C2=O)c1.Cl. The molecule has 0 N–H and O–H groups in total. The van der Waals surface area contributed by atoms with Crippen LogP contribution >= 0.6 is 24.2 Å². The van der Waals surface area contributed by atoms with Crippen LogP contribution in [0, 0.1) is 5.92 Å². The Labute approximate surface area is 148 Å². The first-order chi connectivity index (χ1) is 10.8. The molecule has 4 saturated heterocycles. The molecule has 0 spiro atoms. The van der Waals surface area contributed by atoms with Gasteiger partial charge in [0.1, 0.15) is 0 Å². The van der Waals surface area contributed by atoms with Gasteiger partial charge >= 0.3 is 6.03 Å². The molecule has 5 rings (SSSR count). The molecule has 2 bridgehead atoms. The van der Waals surface area contributed by atoms with Crippen LogP contribution in [0.1, 0.15) is 12.8 Å². The second-order valence-electron chi connectivity index (χ2n) is 6.53. The molecule has 4 aliphatic heterocycles. The molecule has 0 aliphatic carbocycles. The van der Waals surface area contributed by atoms with Crippen molar-refractivity contribution in [1.82, 2.24) is 9.80 Å². The molecule has 6 heteroatoms.